The van der Waals surface area contributed by atoms with Gasteiger partial charge in [0.15, 0.2) is 4.90 Å². The first-order valence-corrected chi connectivity index (χ1v) is 7.57. The van der Waals surface area contributed by atoms with E-state index in [1.54, 1.807) is 0 Å². The summed E-state index contributed by atoms with van der Waals surface area (Å²) >= 11 is -2.01. The number of carbonyl (C=O) groups excluding carboxylic acids is 1. The highest BCUT2D eigenvalue weighted by Crippen LogP contribution is 2.24. The van der Waals surface area contributed by atoms with E-state index in [4.69, 9.17) is 5.73 Å². The first kappa shape index (κ1) is 18.6. The van der Waals surface area contributed by atoms with E-state index in [0.717, 1.165) is 12.1 Å². The lowest BCUT2D eigenvalue weighted by Crippen LogP contribution is -2.43. The van der Waals surface area contributed by atoms with E-state index in [1.807, 2.05) is 13.8 Å². The highest BCUT2D eigenvalue weighted by atomic mass is 32.2. The Kier molecular flexibility index (Phi) is 6.51. The van der Waals surface area contributed by atoms with Gasteiger partial charge in [-0.15, -0.1) is 13.2 Å². The second kappa shape index (κ2) is 7.70. The molecular formula is C13H17F3N2O3S. The molecule has 0 saturated heterocycles. The molecule has 1 amide bonds. The number of benzene rings is 1. The monoisotopic (exact) mass is 338 g/mol. The summed E-state index contributed by atoms with van der Waals surface area (Å²) in [5.74, 6) is -0.967. The molecule has 3 N–H and O–H groups in total. The predicted molar refractivity (Wildman–Crippen MR) is 75.1 cm³/mol. The summed E-state index contributed by atoms with van der Waals surface area (Å²) in [7, 11) is 0. The third-order valence-corrected chi connectivity index (χ3v) is 3.58. The van der Waals surface area contributed by atoms with Crippen molar-refractivity contribution in [3.8, 4) is 5.75 Å². The van der Waals surface area contributed by atoms with E-state index < -0.39 is 35.4 Å². The van der Waals surface area contributed by atoms with Crippen molar-refractivity contribution in [1.29, 1.82) is 0 Å². The molecule has 124 valence electrons. The van der Waals surface area contributed by atoms with Gasteiger partial charge < -0.3 is 15.0 Å². The molecule has 0 aliphatic heterocycles. The van der Waals surface area contributed by atoms with Gasteiger partial charge in [-0.2, -0.15) is 4.72 Å². The van der Waals surface area contributed by atoms with Crippen molar-refractivity contribution < 1.29 is 27.3 Å². The van der Waals surface area contributed by atoms with Crippen LogP contribution in [0.2, 0.25) is 0 Å². The van der Waals surface area contributed by atoms with Crippen molar-refractivity contribution in [1.82, 2.24) is 4.72 Å². The number of amides is 1. The maximum atomic E-state index is 12.1. The van der Waals surface area contributed by atoms with Gasteiger partial charge in [0, 0.05) is 6.07 Å². The Morgan fingerprint density at radius 3 is 2.64 bits per heavy atom. The van der Waals surface area contributed by atoms with Crippen LogP contribution in [0.4, 0.5) is 13.2 Å². The Balaban J connectivity index is 2.71. The predicted octanol–water partition coefficient (Wildman–Crippen LogP) is 2.10. The summed E-state index contributed by atoms with van der Waals surface area (Å²) in [5, 5.41) is 0. The van der Waals surface area contributed by atoms with Gasteiger partial charge in [0.2, 0.25) is 0 Å². The van der Waals surface area contributed by atoms with Crippen LogP contribution in [-0.2, 0) is 16.2 Å². The molecule has 0 spiro atoms. The minimum atomic E-state index is -4.84. The molecule has 0 saturated carbocycles. The molecule has 0 aliphatic carbocycles. The van der Waals surface area contributed by atoms with Crippen LogP contribution in [0.25, 0.3) is 0 Å². The standard InChI is InChI=1S/C13H17F3N2O3S/c1-8(2)6-11(17)12(19)18-22(20)10-5-3-4-9(7-10)21-13(14,15)16/h3-5,7-8,11H,6,17H2,1-2H3,(H,18,19). The fourth-order valence-electron chi connectivity index (χ4n) is 1.63. The van der Waals surface area contributed by atoms with Crippen LogP contribution in [-0.4, -0.2) is 22.9 Å². The van der Waals surface area contributed by atoms with E-state index in [9.17, 15) is 22.5 Å². The molecule has 2 atom stereocenters. The Bertz CT molecular complexity index is 512. The molecule has 1 rings (SSSR count). The number of hydrogen-bond acceptors (Lipinski definition) is 4. The quantitative estimate of drug-likeness (QED) is 0.778. The minimum absolute atomic E-state index is 0.0214. The normalized spacial score (nSPS) is 14.5. The topological polar surface area (TPSA) is 87.4 Å². The van der Waals surface area contributed by atoms with Crippen LogP contribution in [0.1, 0.15) is 20.3 Å². The van der Waals surface area contributed by atoms with Crippen LogP contribution in [0.3, 0.4) is 0 Å². The molecule has 1 aromatic carbocycles. The Morgan fingerprint density at radius 2 is 2.09 bits per heavy atom. The van der Waals surface area contributed by atoms with Crippen molar-refractivity contribution >= 4 is 17.3 Å². The number of halogens is 3. The molecule has 22 heavy (non-hydrogen) atoms. The lowest BCUT2D eigenvalue weighted by atomic mass is 10.0. The summed E-state index contributed by atoms with van der Waals surface area (Å²) in [6.07, 6.45) is -4.44. The average Bonchev–Trinajstić information content (AvgIpc) is 2.36. The zero-order valence-corrected chi connectivity index (χ0v) is 12.8. The second-order valence-electron chi connectivity index (χ2n) is 4.99. The molecule has 5 nitrogen and oxygen atoms in total. The van der Waals surface area contributed by atoms with Crippen molar-refractivity contribution in [2.24, 2.45) is 11.7 Å². The molecule has 0 heterocycles. The second-order valence-corrected chi connectivity index (χ2v) is 6.21. The van der Waals surface area contributed by atoms with Crippen molar-refractivity contribution in [2.75, 3.05) is 0 Å². The largest absolute Gasteiger partial charge is 0.588 e. The van der Waals surface area contributed by atoms with E-state index in [2.05, 4.69) is 9.46 Å². The van der Waals surface area contributed by atoms with Crippen LogP contribution < -0.4 is 15.2 Å². The van der Waals surface area contributed by atoms with Gasteiger partial charge in [-0.25, -0.2) is 0 Å². The van der Waals surface area contributed by atoms with Crippen LogP contribution >= 0.6 is 0 Å². The van der Waals surface area contributed by atoms with E-state index in [0.29, 0.717) is 6.42 Å². The van der Waals surface area contributed by atoms with E-state index in [-0.39, 0.29) is 10.8 Å². The molecular weight excluding hydrogens is 321 g/mol. The third-order valence-electron chi connectivity index (χ3n) is 2.51. The minimum Gasteiger partial charge on any atom is -0.588 e. The molecule has 0 aromatic heterocycles. The Hall–Kier alpha value is -1.45. The van der Waals surface area contributed by atoms with Crippen LogP contribution in [0, 0.1) is 5.92 Å². The van der Waals surface area contributed by atoms with Gasteiger partial charge in [0.25, 0.3) is 5.91 Å². The van der Waals surface area contributed by atoms with Gasteiger partial charge in [-0.1, -0.05) is 19.9 Å². The number of carbonyl (C=O) groups is 1. The van der Waals surface area contributed by atoms with Gasteiger partial charge >= 0.3 is 6.36 Å². The SMILES string of the molecule is CC(C)CC(N)C(=O)N[S+]([O-])c1cccc(OC(F)(F)F)c1. The number of nitrogens with two attached hydrogens (primary N) is 1. The van der Waals surface area contributed by atoms with Gasteiger partial charge in [0.05, 0.1) is 6.04 Å². The molecule has 1 aromatic rings. The Morgan fingerprint density at radius 1 is 1.45 bits per heavy atom. The lowest BCUT2D eigenvalue weighted by molar-refractivity contribution is -0.274. The first-order valence-electron chi connectivity index (χ1n) is 6.42. The van der Waals surface area contributed by atoms with Crippen molar-refractivity contribution in [3.05, 3.63) is 24.3 Å². The number of nitrogens with one attached hydrogen (secondary N) is 1. The summed E-state index contributed by atoms with van der Waals surface area (Å²) in [5.41, 5.74) is 5.64. The first-order chi connectivity index (χ1) is 10.1. The number of rotatable bonds is 6. The number of alkyl halides is 3. The Labute approximate surface area is 129 Å². The fourth-order valence-corrected chi connectivity index (χ4v) is 2.50. The zero-order chi connectivity index (χ0) is 16.9. The van der Waals surface area contributed by atoms with Gasteiger partial charge in [0.1, 0.15) is 17.1 Å². The summed E-state index contributed by atoms with van der Waals surface area (Å²) in [6, 6.07) is 3.74. The molecule has 9 heteroatoms. The van der Waals surface area contributed by atoms with Crippen molar-refractivity contribution in [3.63, 3.8) is 0 Å². The smallest absolute Gasteiger partial charge is 0.573 e. The molecule has 0 bridgehead atoms. The summed E-state index contributed by atoms with van der Waals surface area (Å²) < 4.78 is 54.2. The molecule has 0 radical (unpaired) electrons. The number of hydrogen-bond donors (Lipinski definition) is 2. The third kappa shape index (κ3) is 6.54. The highest BCUT2D eigenvalue weighted by Gasteiger charge is 2.31. The van der Waals surface area contributed by atoms with E-state index >= 15 is 0 Å². The number of ether oxygens (including phenoxy) is 1. The van der Waals surface area contributed by atoms with Crippen LogP contribution in [0.15, 0.2) is 29.2 Å². The molecule has 2 unspecified atom stereocenters. The summed E-state index contributed by atoms with van der Waals surface area (Å²) in [4.78, 5) is 11.7. The fraction of sp³-hybridized carbons (Fsp3) is 0.462. The van der Waals surface area contributed by atoms with Crippen molar-refractivity contribution in [2.45, 2.75) is 37.6 Å². The van der Waals surface area contributed by atoms with Gasteiger partial charge in [-0.05, 0) is 24.5 Å². The van der Waals surface area contributed by atoms with Gasteiger partial charge in [-0.3, -0.25) is 4.79 Å². The van der Waals surface area contributed by atoms with Crippen LogP contribution in [0.5, 0.6) is 5.75 Å². The maximum Gasteiger partial charge on any atom is 0.573 e. The molecule has 0 fully saturated rings. The highest BCUT2D eigenvalue weighted by molar-refractivity contribution is 7.90. The maximum absolute atomic E-state index is 12.1. The average molecular weight is 338 g/mol. The van der Waals surface area contributed by atoms with E-state index in [1.165, 1.54) is 12.1 Å². The summed E-state index contributed by atoms with van der Waals surface area (Å²) in [6.45, 7) is 3.75. The zero-order valence-electron chi connectivity index (χ0n) is 12.0. The molecule has 0 aliphatic rings. The lowest BCUT2D eigenvalue weighted by Gasteiger charge is -2.16.